The van der Waals surface area contributed by atoms with E-state index in [1.54, 1.807) is 13.2 Å². The Kier molecular flexibility index (Phi) is 5.69. The van der Waals surface area contributed by atoms with Gasteiger partial charge in [0.1, 0.15) is 0 Å². The molecule has 0 unspecified atom stereocenters. The lowest BCUT2D eigenvalue weighted by Crippen LogP contribution is -2.36. The van der Waals surface area contributed by atoms with Gasteiger partial charge in [-0.2, -0.15) is 18.2 Å². The van der Waals surface area contributed by atoms with E-state index in [1.165, 1.54) is 6.07 Å². The third kappa shape index (κ3) is 4.61. The Hall–Kier alpha value is -1.27. The van der Waals surface area contributed by atoms with Crippen LogP contribution in [-0.4, -0.2) is 36.4 Å². The van der Waals surface area contributed by atoms with E-state index in [4.69, 9.17) is 4.74 Å². The van der Waals surface area contributed by atoms with Crippen LogP contribution in [0.2, 0.25) is 0 Å². The van der Waals surface area contributed by atoms with Crippen molar-refractivity contribution in [3.05, 3.63) is 29.3 Å². The first-order valence-electron chi connectivity index (χ1n) is 6.96. The quantitative estimate of drug-likeness (QED) is 0.615. The molecule has 0 amide bonds. The van der Waals surface area contributed by atoms with Crippen molar-refractivity contribution in [3.8, 4) is 0 Å². The number of aliphatic imine (C=N–C) groups is 1. The van der Waals surface area contributed by atoms with E-state index in [9.17, 15) is 13.2 Å². The maximum atomic E-state index is 12.9. The minimum Gasteiger partial charge on any atom is -0.381 e. The summed E-state index contributed by atoms with van der Waals surface area (Å²) in [5, 5.41) is 2.12. The SMILES string of the molecule is COC1CCN(Cc2cc(N=C=S)cc(C(F)(F)F)c2)CC1. The summed E-state index contributed by atoms with van der Waals surface area (Å²) in [5.41, 5.74) is 0.0575. The molecule has 1 fully saturated rings. The second-order valence-electron chi connectivity index (χ2n) is 5.30. The Morgan fingerprint density at radius 1 is 1.32 bits per heavy atom. The van der Waals surface area contributed by atoms with E-state index in [1.807, 2.05) is 0 Å². The molecule has 1 aliphatic rings. The van der Waals surface area contributed by atoms with Crippen LogP contribution < -0.4 is 0 Å². The third-order valence-corrected chi connectivity index (χ3v) is 3.85. The van der Waals surface area contributed by atoms with Crippen molar-refractivity contribution in [1.29, 1.82) is 0 Å². The first-order valence-corrected chi connectivity index (χ1v) is 7.37. The fourth-order valence-electron chi connectivity index (χ4n) is 2.61. The van der Waals surface area contributed by atoms with E-state index in [0.29, 0.717) is 12.1 Å². The summed E-state index contributed by atoms with van der Waals surface area (Å²) in [6.07, 6.45) is -2.38. The Bertz CT molecular complexity index is 562. The second kappa shape index (κ2) is 7.33. The number of methoxy groups -OCH3 is 1. The number of hydrogen-bond acceptors (Lipinski definition) is 4. The zero-order valence-corrected chi connectivity index (χ0v) is 13.0. The Morgan fingerprint density at radius 3 is 2.55 bits per heavy atom. The number of benzene rings is 1. The Balaban J connectivity index is 2.16. The average molecular weight is 330 g/mol. The van der Waals surface area contributed by atoms with Crippen molar-refractivity contribution in [3.63, 3.8) is 0 Å². The van der Waals surface area contributed by atoms with Gasteiger partial charge in [-0.1, -0.05) is 0 Å². The maximum Gasteiger partial charge on any atom is 0.416 e. The molecule has 1 heterocycles. The van der Waals surface area contributed by atoms with Crippen LogP contribution in [0.25, 0.3) is 0 Å². The Morgan fingerprint density at radius 2 is 2.00 bits per heavy atom. The lowest BCUT2D eigenvalue weighted by atomic mass is 10.0. The standard InChI is InChI=1S/C15H17F3N2OS/c1-21-14-2-4-20(5-3-14)9-11-6-12(15(16,17)18)8-13(7-11)19-10-22/h6-8,14H,2-5,9H2,1H3. The molecule has 7 heteroatoms. The van der Waals surface area contributed by atoms with Crippen LogP contribution in [0.15, 0.2) is 23.2 Å². The number of thiocarbonyl (C=S) groups is 1. The summed E-state index contributed by atoms with van der Waals surface area (Å²) < 4.78 is 44.1. The van der Waals surface area contributed by atoms with Crippen LogP contribution in [0, 0.1) is 0 Å². The summed E-state index contributed by atoms with van der Waals surface area (Å²) in [5.74, 6) is 0. The molecule has 0 aliphatic carbocycles. The highest BCUT2D eigenvalue weighted by molar-refractivity contribution is 7.78. The summed E-state index contributed by atoms with van der Waals surface area (Å²) in [6.45, 7) is 2.07. The molecule has 0 N–H and O–H groups in total. The van der Waals surface area contributed by atoms with Gasteiger partial charge in [0.25, 0.3) is 0 Å². The van der Waals surface area contributed by atoms with E-state index < -0.39 is 11.7 Å². The third-order valence-electron chi connectivity index (χ3n) is 3.75. The molecular formula is C15H17F3N2OS. The van der Waals surface area contributed by atoms with Crippen LogP contribution in [0.3, 0.4) is 0 Å². The number of piperidine rings is 1. The van der Waals surface area contributed by atoms with Gasteiger partial charge in [0.05, 0.1) is 22.5 Å². The smallest absolute Gasteiger partial charge is 0.381 e. The number of likely N-dealkylation sites (tertiary alicyclic amines) is 1. The molecular weight excluding hydrogens is 313 g/mol. The van der Waals surface area contributed by atoms with Gasteiger partial charge in [-0.25, -0.2) is 0 Å². The van der Waals surface area contributed by atoms with Crippen molar-refractivity contribution >= 4 is 23.1 Å². The Labute approximate surface area is 132 Å². The number of nitrogens with zero attached hydrogens (tertiary/aromatic N) is 2. The number of isothiocyanates is 1. The van der Waals surface area contributed by atoms with Crippen molar-refractivity contribution in [2.45, 2.75) is 31.7 Å². The first-order chi connectivity index (χ1) is 10.4. The van der Waals surface area contributed by atoms with Crippen LogP contribution >= 0.6 is 12.2 Å². The van der Waals surface area contributed by atoms with Crippen LogP contribution in [0.1, 0.15) is 24.0 Å². The topological polar surface area (TPSA) is 24.8 Å². The second-order valence-corrected chi connectivity index (χ2v) is 5.48. The summed E-state index contributed by atoms with van der Waals surface area (Å²) in [6, 6.07) is 3.78. The van der Waals surface area contributed by atoms with Gasteiger partial charge >= 0.3 is 6.18 Å². The molecule has 0 aromatic heterocycles. The lowest BCUT2D eigenvalue weighted by molar-refractivity contribution is -0.137. The van der Waals surface area contributed by atoms with Crippen molar-refractivity contribution in [2.75, 3.05) is 20.2 Å². The molecule has 120 valence electrons. The lowest BCUT2D eigenvalue weighted by Gasteiger charge is -2.31. The van der Waals surface area contributed by atoms with E-state index >= 15 is 0 Å². The molecule has 0 saturated carbocycles. The predicted octanol–water partition coefficient (Wildman–Crippen LogP) is 4.05. The van der Waals surface area contributed by atoms with Gasteiger partial charge in [-0.3, -0.25) is 4.90 Å². The number of rotatable bonds is 4. The van der Waals surface area contributed by atoms with Crippen molar-refractivity contribution < 1.29 is 17.9 Å². The highest BCUT2D eigenvalue weighted by Crippen LogP contribution is 2.33. The monoisotopic (exact) mass is 330 g/mol. The number of alkyl halides is 3. The van der Waals surface area contributed by atoms with Gasteiger partial charge in [0.15, 0.2) is 0 Å². The molecule has 0 radical (unpaired) electrons. The zero-order valence-electron chi connectivity index (χ0n) is 12.2. The highest BCUT2D eigenvalue weighted by Gasteiger charge is 2.31. The molecule has 0 atom stereocenters. The minimum atomic E-state index is -4.40. The highest BCUT2D eigenvalue weighted by atomic mass is 32.1. The average Bonchev–Trinajstić information content (AvgIpc) is 2.47. The molecule has 22 heavy (non-hydrogen) atoms. The molecule has 2 rings (SSSR count). The molecule has 1 aromatic carbocycles. The van der Waals surface area contributed by atoms with Crippen LogP contribution in [0.4, 0.5) is 18.9 Å². The molecule has 0 spiro atoms. The molecule has 0 bridgehead atoms. The van der Waals surface area contributed by atoms with Crippen LogP contribution in [-0.2, 0) is 17.5 Å². The van der Waals surface area contributed by atoms with E-state index in [0.717, 1.165) is 32.0 Å². The fourth-order valence-corrected chi connectivity index (χ4v) is 2.71. The van der Waals surface area contributed by atoms with E-state index in [-0.39, 0.29) is 11.8 Å². The predicted molar refractivity (Wildman–Crippen MR) is 81.4 cm³/mol. The normalized spacial score (nSPS) is 17.3. The first kappa shape index (κ1) is 17.1. The molecule has 3 nitrogen and oxygen atoms in total. The van der Waals surface area contributed by atoms with Gasteiger partial charge < -0.3 is 4.74 Å². The van der Waals surface area contributed by atoms with Gasteiger partial charge in [-0.05, 0) is 48.8 Å². The maximum absolute atomic E-state index is 12.9. The van der Waals surface area contributed by atoms with Gasteiger partial charge in [-0.15, -0.1) is 0 Å². The summed E-state index contributed by atoms with van der Waals surface area (Å²) in [7, 11) is 1.68. The summed E-state index contributed by atoms with van der Waals surface area (Å²) in [4.78, 5) is 5.81. The van der Waals surface area contributed by atoms with Crippen molar-refractivity contribution in [1.82, 2.24) is 4.90 Å². The van der Waals surface area contributed by atoms with Crippen molar-refractivity contribution in [2.24, 2.45) is 4.99 Å². The zero-order chi connectivity index (χ0) is 16.2. The van der Waals surface area contributed by atoms with Gasteiger partial charge in [0, 0.05) is 26.7 Å². The molecule has 1 aromatic rings. The molecule has 1 aliphatic heterocycles. The minimum absolute atomic E-state index is 0.187. The summed E-state index contributed by atoms with van der Waals surface area (Å²) >= 11 is 4.48. The number of hydrogen-bond donors (Lipinski definition) is 0. The van der Waals surface area contributed by atoms with Crippen LogP contribution in [0.5, 0.6) is 0 Å². The van der Waals surface area contributed by atoms with Gasteiger partial charge in [0.2, 0.25) is 0 Å². The number of ether oxygens (including phenoxy) is 1. The fraction of sp³-hybridized carbons (Fsp3) is 0.533. The van der Waals surface area contributed by atoms with E-state index in [2.05, 4.69) is 27.3 Å². The number of halogens is 3. The largest absolute Gasteiger partial charge is 0.416 e. The molecule has 1 saturated heterocycles.